The fourth-order valence-corrected chi connectivity index (χ4v) is 2.97. The molecule has 0 bridgehead atoms. The molecule has 0 saturated heterocycles. The molecule has 0 aliphatic carbocycles. The van der Waals surface area contributed by atoms with Gasteiger partial charge in [-0.3, -0.25) is 0 Å². The third-order valence-corrected chi connectivity index (χ3v) is 4.65. The summed E-state index contributed by atoms with van der Waals surface area (Å²) in [5, 5.41) is 0. The van der Waals surface area contributed by atoms with Crippen LogP contribution in [0.2, 0.25) is 0 Å². The van der Waals surface area contributed by atoms with E-state index in [0.717, 1.165) is 20.2 Å². The normalized spacial score (nSPS) is 11.7. The van der Waals surface area contributed by atoms with E-state index in [4.69, 9.17) is 5.73 Å². The van der Waals surface area contributed by atoms with Crippen LogP contribution in [-0.2, 0) is 5.41 Å². The average molecular weight is 399 g/mol. The van der Waals surface area contributed by atoms with Crippen LogP contribution in [0.15, 0.2) is 27.1 Å². The summed E-state index contributed by atoms with van der Waals surface area (Å²) in [6.45, 7) is 8.36. The molecule has 0 spiro atoms. The zero-order chi connectivity index (χ0) is 15.1. The molecule has 0 aliphatic heterocycles. The molecule has 1 aromatic heterocycles. The average Bonchev–Trinajstić information content (AvgIpc) is 2.34. The second-order valence-corrected chi connectivity index (χ2v) is 7.46. The maximum atomic E-state index is 6.01. The molecule has 2 N–H and O–H groups in total. The molecule has 106 valence electrons. The summed E-state index contributed by atoms with van der Waals surface area (Å²) in [5.41, 5.74) is 8.95. The van der Waals surface area contributed by atoms with Gasteiger partial charge in [-0.25, -0.2) is 9.97 Å². The molecule has 20 heavy (non-hydrogen) atoms. The van der Waals surface area contributed by atoms with Gasteiger partial charge in [-0.1, -0.05) is 48.8 Å². The van der Waals surface area contributed by atoms with Crippen molar-refractivity contribution in [2.45, 2.75) is 33.1 Å². The zero-order valence-electron chi connectivity index (χ0n) is 12.0. The van der Waals surface area contributed by atoms with Crippen LogP contribution in [-0.4, -0.2) is 9.97 Å². The summed E-state index contributed by atoms with van der Waals surface area (Å²) in [4.78, 5) is 9.07. The minimum atomic E-state index is -0.105. The molecule has 1 heterocycles. The first-order chi connectivity index (χ1) is 9.20. The Morgan fingerprint density at radius 1 is 1.10 bits per heavy atom. The number of halogens is 2. The first kappa shape index (κ1) is 15.4. The van der Waals surface area contributed by atoms with Gasteiger partial charge in [0.25, 0.3) is 0 Å². The lowest BCUT2D eigenvalue weighted by molar-refractivity contribution is 0.565. The fraction of sp³-hybridized carbons (Fsp3) is 0.333. The van der Waals surface area contributed by atoms with Gasteiger partial charge in [0.05, 0.1) is 10.2 Å². The molecule has 0 amide bonds. The van der Waals surface area contributed by atoms with Crippen LogP contribution >= 0.6 is 31.9 Å². The van der Waals surface area contributed by atoms with E-state index in [9.17, 15) is 0 Å². The topological polar surface area (TPSA) is 51.8 Å². The maximum absolute atomic E-state index is 6.01. The Morgan fingerprint density at radius 2 is 1.75 bits per heavy atom. The van der Waals surface area contributed by atoms with E-state index in [1.165, 1.54) is 5.56 Å². The van der Waals surface area contributed by atoms with Crippen molar-refractivity contribution in [2.24, 2.45) is 0 Å². The molecule has 0 atom stereocenters. The standard InChI is InChI=1S/C15H17Br2N3/c1-8-5-6-9(7-10(8)16)14-19-12(15(2,3)4)11(17)13(18)20-14/h5-7H,1-4H3,(H2,18,19,20). The van der Waals surface area contributed by atoms with Crippen molar-refractivity contribution < 1.29 is 0 Å². The van der Waals surface area contributed by atoms with Crippen molar-refractivity contribution in [3.8, 4) is 11.4 Å². The van der Waals surface area contributed by atoms with E-state index in [1.807, 2.05) is 25.1 Å². The Morgan fingerprint density at radius 3 is 2.30 bits per heavy atom. The molecule has 0 unspecified atom stereocenters. The number of hydrogen-bond acceptors (Lipinski definition) is 3. The van der Waals surface area contributed by atoms with Crippen LogP contribution in [0, 0.1) is 6.92 Å². The highest BCUT2D eigenvalue weighted by atomic mass is 79.9. The first-order valence-electron chi connectivity index (χ1n) is 6.30. The fourth-order valence-electron chi connectivity index (χ4n) is 1.82. The van der Waals surface area contributed by atoms with Gasteiger partial charge in [-0.05, 0) is 34.5 Å². The van der Waals surface area contributed by atoms with Crippen molar-refractivity contribution in [3.63, 3.8) is 0 Å². The number of benzene rings is 1. The van der Waals surface area contributed by atoms with Crippen LogP contribution in [0.3, 0.4) is 0 Å². The van der Waals surface area contributed by atoms with Crippen molar-refractivity contribution in [2.75, 3.05) is 5.73 Å². The van der Waals surface area contributed by atoms with Crippen LogP contribution < -0.4 is 5.73 Å². The molecule has 0 saturated carbocycles. The van der Waals surface area contributed by atoms with Gasteiger partial charge < -0.3 is 5.73 Å². The summed E-state index contributed by atoms with van der Waals surface area (Å²) >= 11 is 7.03. The lowest BCUT2D eigenvalue weighted by Crippen LogP contribution is -2.17. The minimum absolute atomic E-state index is 0.105. The van der Waals surface area contributed by atoms with E-state index in [-0.39, 0.29) is 5.41 Å². The van der Waals surface area contributed by atoms with Crippen LogP contribution in [0.5, 0.6) is 0 Å². The lowest BCUT2D eigenvalue weighted by atomic mass is 9.91. The number of nitrogens with two attached hydrogens (primary N) is 1. The lowest BCUT2D eigenvalue weighted by Gasteiger charge is -2.21. The number of aromatic nitrogens is 2. The van der Waals surface area contributed by atoms with Crippen molar-refractivity contribution in [3.05, 3.63) is 38.4 Å². The van der Waals surface area contributed by atoms with Gasteiger partial charge in [0.1, 0.15) is 5.82 Å². The first-order valence-corrected chi connectivity index (χ1v) is 7.89. The number of rotatable bonds is 1. The van der Waals surface area contributed by atoms with Gasteiger partial charge in [0, 0.05) is 15.5 Å². The SMILES string of the molecule is Cc1ccc(-c2nc(N)c(Br)c(C(C)(C)C)n2)cc1Br. The third kappa shape index (κ3) is 3.04. The number of anilines is 1. The van der Waals surface area contributed by atoms with E-state index in [1.54, 1.807) is 0 Å². The van der Waals surface area contributed by atoms with Gasteiger partial charge >= 0.3 is 0 Å². The van der Waals surface area contributed by atoms with Crippen LogP contribution in [0.1, 0.15) is 32.0 Å². The maximum Gasteiger partial charge on any atom is 0.161 e. The highest BCUT2D eigenvalue weighted by Crippen LogP contribution is 2.33. The summed E-state index contributed by atoms with van der Waals surface area (Å²) in [7, 11) is 0. The third-order valence-electron chi connectivity index (χ3n) is 3.02. The number of nitrogens with zero attached hydrogens (tertiary/aromatic N) is 2. The number of aryl methyl sites for hydroxylation is 1. The molecule has 0 radical (unpaired) electrons. The molecule has 2 aromatic rings. The molecular weight excluding hydrogens is 382 g/mol. The van der Waals surface area contributed by atoms with Crippen molar-refractivity contribution in [1.82, 2.24) is 9.97 Å². The molecule has 0 fully saturated rings. The van der Waals surface area contributed by atoms with Crippen LogP contribution in [0.4, 0.5) is 5.82 Å². The van der Waals surface area contributed by atoms with Crippen molar-refractivity contribution >= 4 is 37.7 Å². The Hall–Kier alpha value is -0.940. The zero-order valence-corrected chi connectivity index (χ0v) is 15.1. The molecular formula is C15H17Br2N3. The molecule has 2 rings (SSSR count). The Bertz CT molecular complexity index is 661. The van der Waals surface area contributed by atoms with Crippen molar-refractivity contribution in [1.29, 1.82) is 0 Å². The smallest absolute Gasteiger partial charge is 0.161 e. The predicted molar refractivity (Wildman–Crippen MR) is 90.7 cm³/mol. The second-order valence-electron chi connectivity index (χ2n) is 5.81. The summed E-state index contributed by atoms with van der Waals surface area (Å²) < 4.78 is 1.82. The number of nitrogen functional groups attached to an aromatic ring is 1. The predicted octanol–water partition coefficient (Wildman–Crippen LogP) is 4.86. The Labute approximate surface area is 136 Å². The quantitative estimate of drug-likeness (QED) is 0.746. The van der Waals surface area contributed by atoms with E-state index < -0.39 is 0 Å². The largest absolute Gasteiger partial charge is 0.383 e. The highest BCUT2D eigenvalue weighted by Gasteiger charge is 2.22. The van der Waals surface area contributed by atoms with Gasteiger partial charge in [-0.15, -0.1) is 0 Å². The minimum Gasteiger partial charge on any atom is -0.383 e. The molecule has 3 nitrogen and oxygen atoms in total. The molecule has 0 aliphatic rings. The van der Waals surface area contributed by atoms with E-state index in [0.29, 0.717) is 11.6 Å². The molecule has 5 heteroatoms. The van der Waals surface area contributed by atoms with E-state index >= 15 is 0 Å². The Kier molecular flexibility index (Phi) is 4.21. The number of hydrogen-bond donors (Lipinski definition) is 1. The monoisotopic (exact) mass is 397 g/mol. The van der Waals surface area contributed by atoms with Crippen LogP contribution in [0.25, 0.3) is 11.4 Å². The van der Waals surface area contributed by atoms with E-state index in [2.05, 4.69) is 62.6 Å². The Balaban J connectivity index is 2.63. The summed E-state index contributed by atoms with van der Waals surface area (Å²) in [6.07, 6.45) is 0. The summed E-state index contributed by atoms with van der Waals surface area (Å²) in [5.74, 6) is 1.12. The van der Waals surface area contributed by atoms with Gasteiger partial charge in [0.15, 0.2) is 5.82 Å². The van der Waals surface area contributed by atoms with Gasteiger partial charge in [-0.2, -0.15) is 0 Å². The second kappa shape index (κ2) is 5.45. The van der Waals surface area contributed by atoms with Gasteiger partial charge in [0.2, 0.25) is 0 Å². The molecule has 1 aromatic carbocycles. The highest BCUT2D eigenvalue weighted by molar-refractivity contribution is 9.11. The summed E-state index contributed by atoms with van der Waals surface area (Å²) in [6, 6.07) is 6.07.